The standard InChI is InChI=1S/C14H10ClN3O2S/c15-14-13(4-2-8-17-14)21(19,20)18-11-5-6-12-10(9-11)3-1-7-16-12/h1-9,18H. The summed E-state index contributed by atoms with van der Waals surface area (Å²) >= 11 is 5.83. The van der Waals surface area contributed by atoms with Crippen molar-refractivity contribution in [3.8, 4) is 0 Å². The third-order valence-electron chi connectivity index (χ3n) is 2.87. The monoisotopic (exact) mass is 319 g/mol. The first-order valence-electron chi connectivity index (χ1n) is 6.04. The number of anilines is 1. The summed E-state index contributed by atoms with van der Waals surface area (Å²) in [6.45, 7) is 0. The summed E-state index contributed by atoms with van der Waals surface area (Å²) in [7, 11) is -3.78. The number of rotatable bonds is 3. The van der Waals surface area contributed by atoms with Gasteiger partial charge in [-0.15, -0.1) is 0 Å². The Morgan fingerprint density at radius 2 is 1.76 bits per heavy atom. The Labute approximate surface area is 126 Å². The van der Waals surface area contributed by atoms with Gasteiger partial charge in [-0.3, -0.25) is 9.71 Å². The molecule has 3 rings (SSSR count). The average molecular weight is 320 g/mol. The van der Waals surface area contributed by atoms with Crippen molar-refractivity contribution in [1.82, 2.24) is 9.97 Å². The second-order valence-corrected chi connectivity index (χ2v) is 6.32. The Kier molecular flexibility index (Phi) is 3.48. The maximum Gasteiger partial charge on any atom is 0.264 e. The van der Waals surface area contributed by atoms with Crippen molar-refractivity contribution in [3.05, 3.63) is 60.0 Å². The molecule has 0 radical (unpaired) electrons. The van der Waals surface area contributed by atoms with Crippen LogP contribution >= 0.6 is 11.6 Å². The third kappa shape index (κ3) is 2.81. The Morgan fingerprint density at radius 3 is 2.57 bits per heavy atom. The molecule has 1 N–H and O–H groups in total. The van der Waals surface area contributed by atoms with Gasteiger partial charge in [-0.25, -0.2) is 13.4 Å². The molecule has 21 heavy (non-hydrogen) atoms. The molecule has 0 spiro atoms. The van der Waals surface area contributed by atoms with E-state index in [1.165, 1.54) is 18.3 Å². The summed E-state index contributed by atoms with van der Waals surface area (Å²) in [6, 6.07) is 11.7. The second-order valence-electron chi connectivity index (χ2n) is 4.31. The highest BCUT2D eigenvalue weighted by Crippen LogP contribution is 2.23. The average Bonchev–Trinajstić information content (AvgIpc) is 2.47. The summed E-state index contributed by atoms with van der Waals surface area (Å²) in [5.41, 5.74) is 1.23. The van der Waals surface area contributed by atoms with E-state index < -0.39 is 10.0 Å². The van der Waals surface area contributed by atoms with Crippen LogP contribution in [0.4, 0.5) is 5.69 Å². The maximum atomic E-state index is 12.3. The fourth-order valence-corrected chi connectivity index (χ4v) is 3.42. The summed E-state index contributed by atoms with van der Waals surface area (Å²) in [5, 5.41) is 0.780. The lowest BCUT2D eigenvalue weighted by Crippen LogP contribution is -2.13. The molecule has 7 heteroatoms. The summed E-state index contributed by atoms with van der Waals surface area (Å²) in [4.78, 5) is 7.90. The van der Waals surface area contributed by atoms with Gasteiger partial charge in [0.25, 0.3) is 10.0 Å². The van der Waals surface area contributed by atoms with E-state index in [4.69, 9.17) is 11.6 Å². The van der Waals surface area contributed by atoms with Crippen LogP contribution in [0.3, 0.4) is 0 Å². The predicted octanol–water partition coefficient (Wildman–Crippen LogP) is 3.08. The molecular formula is C14H10ClN3O2S. The molecule has 0 aliphatic heterocycles. The molecule has 1 aromatic carbocycles. The molecule has 0 bridgehead atoms. The van der Waals surface area contributed by atoms with Crippen LogP contribution in [-0.4, -0.2) is 18.4 Å². The number of nitrogens with one attached hydrogen (secondary N) is 1. The zero-order valence-electron chi connectivity index (χ0n) is 10.7. The topological polar surface area (TPSA) is 72.0 Å². The molecule has 2 heterocycles. The molecule has 2 aromatic heterocycles. The molecular weight excluding hydrogens is 310 g/mol. The van der Waals surface area contributed by atoms with Crippen molar-refractivity contribution in [2.45, 2.75) is 4.90 Å². The van der Waals surface area contributed by atoms with E-state index in [1.807, 2.05) is 6.07 Å². The lowest BCUT2D eigenvalue weighted by atomic mass is 10.2. The largest absolute Gasteiger partial charge is 0.280 e. The van der Waals surface area contributed by atoms with Crippen molar-refractivity contribution in [2.24, 2.45) is 0 Å². The van der Waals surface area contributed by atoms with Gasteiger partial charge in [0.2, 0.25) is 0 Å². The van der Waals surface area contributed by atoms with Gasteiger partial charge in [-0.2, -0.15) is 0 Å². The van der Waals surface area contributed by atoms with Gasteiger partial charge in [0.05, 0.1) is 5.52 Å². The van der Waals surface area contributed by atoms with E-state index in [1.54, 1.807) is 30.5 Å². The minimum atomic E-state index is -3.78. The Balaban J connectivity index is 1.99. The lowest BCUT2D eigenvalue weighted by Gasteiger charge is -2.09. The number of sulfonamides is 1. The molecule has 3 aromatic rings. The molecule has 0 saturated heterocycles. The molecule has 0 unspecified atom stereocenters. The van der Waals surface area contributed by atoms with E-state index in [0.29, 0.717) is 5.69 Å². The van der Waals surface area contributed by atoms with Gasteiger partial charge in [-0.05, 0) is 36.4 Å². The van der Waals surface area contributed by atoms with E-state index in [0.717, 1.165) is 10.9 Å². The number of halogens is 1. The van der Waals surface area contributed by atoms with E-state index in [9.17, 15) is 8.42 Å². The number of aromatic nitrogens is 2. The fourth-order valence-electron chi connectivity index (χ4n) is 1.92. The van der Waals surface area contributed by atoms with Crippen molar-refractivity contribution in [1.29, 1.82) is 0 Å². The van der Waals surface area contributed by atoms with Crippen molar-refractivity contribution >= 4 is 38.2 Å². The normalized spacial score (nSPS) is 11.5. The van der Waals surface area contributed by atoms with Crippen LogP contribution in [0.25, 0.3) is 10.9 Å². The third-order valence-corrected chi connectivity index (χ3v) is 4.70. The van der Waals surface area contributed by atoms with Crippen molar-refractivity contribution < 1.29 is 8.42 Å². The Hall–Kier alpha value is -2.18. The zero-order valence-corrected chi connectivity index (χ0v) is 12.3. The van der Waals surface area contributed by atoms with Crippen molar-refractivity contribution in [2.75, 3.05) is 4.72 Å². The number of nitrogens with zero attached hydrogens (tertiary/aromatic N) is 2. The first-order valence-corrected chi connectivity index (χ1v) is 7.90. The number of hydrogen-bond donors (Lipinski definition) is 1. The summed E-state index contributed by atoms with van der Waals surface area (Å²) in [6.07, 6.45) is 3.12. The van der Waals surface area contributed by atoms with Gasteiger partial charge < -0.3 is 0 Å². The minimum Gasteiger partial charge on any atom is -0.280 e. The van der Waals surface area contributed by atoms with E-state index in [-0.39, 0.29) is 10.0 Å². The first-order chi connectivity index (χ1) is 10.1. The van der Waals surface area contributed by atoms with E-state index >= 15 is 0 Å². The molecule has 0 atom stereocenters. The fraction of sp³-hybridized carbons (Fsp3) is 0. The van der Waals surface area contributed by atoms with Gasteiger partial charge in [-0.1, -0.05) is 17.7 Å². The van der Waals surface area contributed by atoms with Gasteiger partial charge >= 0.3 is 0 Å². The quantitative estimate of drug-likeness (QED) is 0.753. The van der Waals surface area contributed by atoms with Crippen LogP contribution in [0.15, 0.2) is 59.8 Å². The first kappa shape index (κ1) is 13.8. The van der Waals surface area contributed by atoms with Gasteiger partial charge in [0.15, 0.2) is 0 Å². The summed E-state index contributed by atoms with van der Waals surface area (Å²) in [5.74, 6) is 0. The van der Waals surface area contributed by atoms with Crippen LogP contribution in [0, 0.1) is 0 Å². The SMILES string of the molecule is O=S(=O)(Nc1ccc2ncccc2c1)c1cccnc1Cl. The van der Waals surface area contributed by atoms with Crippen LogP contribution in [0.2, 0.25) is 5.15 Å². The highest BCUT2D eigenvalue weighted by Gasteiger charge is 2.18. The van der Waals surface area contributed by atoms with Crippen LogP contribution in [-0.2, 0) is 10.0 Å². The van der Waals surface area contributed by atoms with Crippen LogP contribution in [0.5, 0.6) is 0 Å². The zero-order chi connectivity index (χ0) is 14.9. The van der Waals surface area contributed by atoms with E-state index in [2.05, 4.69) is 14.7 Å². The second kappa shape index (κ2) is 5.31. The highest BCUT2D eigenvalue weighted by molar-refractivity contribution is 7.92. The molecule has 0 fully saturated rings. The molecule has 0 saturated carbocycles. The van der Waals surface area contributed by atoms with Crippen LogP contribution < -0.4 is 4.72 Å². The lowest BCUT2D eigenvalue weighted by molar-refractivity contribution is 0.601. The number of benzene rings is 1. The number of pyridine rings is 2. The minimum absolute atomic E-state index is 0.0575. The highest BCUT2D eigenvalue weighted by atomic mass is 35.5. The predicted molar refractivity (Wildman–Crippen MR) is 81.8 cm³/mol. The molecule has 0 amide bonds. The van der Waals surface area contributed by atoms with Gasteiger partial charge in [0, 0.05) is 23.5 Å². The summed E-state index contributed by atoms with van der Waals surface area (Å²) < 4.78 is 27.1. The number of hydrogen-bond acceptors (Lipinski definition) is 4. The van der Waals surface area contributed by atoms with Crippen LogP contribution in [0.1, 0.15) is 0 Å². The Bertz CT molecular complexity index is 913. The Morgan fingerprint density at radius 1 is 1.00 bits per heavy atom. The molecule has 5 nitrogen and oxygen atoms in total. The number of fused-ring (bicyclic) bond motifs is 1. The maximum absolute atomic E-state index is 12.3. The molecule has 0 aliphatic rings. The van der Waals surface area contributed by atoms with Crippen molar-refractivity contribution in [3.63, 3.8) is 0 Å². The smallest absolute Gasteiger partial charge is 0.264 e. The molecule has 106 valence electrons. The molecule has 0 aliphatic carbocycles. The van der Waals surface area contributed by atoms with Gasteiger partial charge in [0.1, 0.15) is 10.0 Å².